The van der Waals surface area contributed by atoms with Gasteiger partial charge in [0, 0.05) is 30.7 Å². The highest BCUT2D eigenvalue weighted by molar-refractivity contribution is 6.03. The van der Waals surface area contributed by atoms with Crippen LogP contribution in [0, 0.1) is 5.92 Å². The number of carbonyl (C=O) groups excluding carboxylic acids is 1. The minimum atomic E-state index is -1.39. The molecule has 1 unspecified atom stereocenters. The molecule has 2 aromatic carbocycles. The van der Waals surface area contributed by atoms with Gasteiger partial charge >= 0.3 is 5.97 Å². The molecule has 0 aliphatic heterocycles. The molecule has 17 heteroatoms. The van der Waals surface area contributed by atoms with Crippen molar-refractivity contribution in [1.29, 1.82) is 0 Å². The summed E-state index contributed by atoms with van der Waals surface area (Å²) in [5, 5.41) is 35.5. The maximum atomic E-state index is 13.5. The van der Waals surface area contributed by atoms with Gasteiger partial charge in [0.15, 0.2) is 33.6 Å². The van der Waals surface area contributed by atoms with Crippen LogP contribution < -0.4 is 31.0 Å². The van der Waals surface area contributed by atoms with Gasteiger partial charge in [-0.15, -0.1) is 0 Å². The Morgan fingerprint density at radius 2 is 1.57 bits per heavy atom. The molecule has 1 amide bonds. The van der Waals surface area contributed by atoms with Gasteiger partial charge in [0.2, 0.25) is 11.7 Å². The number of aliphatic hydroxyl groups is 2. The van der Waals surface area contributed by atoms with Gasteiger partial charge in [-0.05, 0) is 43.5 Å². The highest BCUT2D eigenvalue weighted by Gasteiger charge is 2.27. The van der Waals surface area contributed by atoms with Crippen molar-refractivity contribution in [3.8, 4) is 11.5 Å². The molecule has 4 heterocycles. The van der Waals surface area contributed by atoms with Crippen molar-refractivity contribution >= 4 is 56.7 Å². The van der Waals surface area contributed by atoms with E-state index in [9.17, 15) is 34.5 Å². The number of benzene rings is 2. The van der Waals surface area contributed by atoms with Gasteiger partial charge in [0.1, 0.15) is 52.8 Å². The van der Waals surface area contributed by atoms with Gasteiger partial charge in [-0.25, -0.2) is 9.78 Å². The Kier molecular flexibility index (Phi) is 9.00. The maximum absolute atomic E-state index is 13.5. The van der Waals surface area contributed by atoms with Crippen LogP contribution in [0.2, 0.25) is 0 Å². The summed E-state index contributed by atoms with van der Waals surface area (Å²) >= 11 is 0. The largest absolute Gasteiger partial charge is 0.490 e. The maximum Gasteiger partial charge on any atom is 0.371 e. The number of carboxylic acids is 1. The van der Waals surface area contributed by atoms with E-state index in [-0.39, 0.29) is 83.0 Å². The Labute approximate surface area is 303 Å². The molecule has 8 rings (SSSR count). The Balaban J connectivity index is 0.977. The lowest BCUT2D eigenvalue weighted by Gasteiger charge is -2.15. The van der Waals surface area contributed by atoms with E-state index in [0.717, 1.165) is 25.0 Å². The van der Waals surface area contributed by atoms with E-state index in [4.69, 9.17) is 18.3 Å². The first-order valence-electron chi connectivity index (χ1n) is 17.1. The van der Waals surface area contributed by atoms with Gasteiger partial charge in [-0.3, -0.25) is 19.7 Å². The number of imidazole rings is 1. The van der Waals surface area contributed by atoms with Crippen LogP contribution in [0.15, 0.2) is 85.4 Å². The first-order chi connectivity index (χ1) is 26.1. The third-order valence-electron chi connectivity index (χ3n) is 9.04. The van der Waals surface area contributed by atoms with Crippen molar-refractivity contribution in [2.45, 2.75) is 37.5 Å². The van der Waals surface area contributed by atoms with Crippen molar-refractivity contribution in [3.63, 3.8) is 0 Å². The van der Waals surface area contributed by atoms with Gasteiger partial charge in [0.25, 0.3) is 5.91 Å². The zero-order valence-electron chi connectivity index (χ0n) is 28.3. The number of carbonyl (C=O) groups is 2. The van der Waals surface area contributed by atoms with Crippen LogP contribution in [-0.2, 0) is 0 Å². The molecule has 0 spiro atoms. The molecule has 1 fully saturated rings. The van der Waals surface area contributed by atoms with Gasteiger partial charge < -0.3 is 43.5 Å². The molecule has 3 atom stereocenters. The number of aromatic nitrogens is 4. The summed E-state index contributed by atoms with van der Waals surface area (Å²) in [6.45, 7) is -0.619. The molecule has 5 N–H and O–H groups in total. The summed E-state index contributed by atoms with van der Waals surface area (Å²) < 4.78 is 24.4. The van der Waals surface area contributed by atoms with Crippen LogP contribution in [0.4, 0.5) is 11.8 Å². The fourth-order valence-electron chi connectivity index (χ4n) is 6.23. The fraction of sp³-hybridized carbons (Fsp3) is 0.270. The first kappa shape index (κ1) is 34.5. The molecule has 2 aliphatic carbocycles. The fourth-order valence-corrected chi connectivity index (χ4v) is 6.23. The zero-order valence-corrected chi connectivity index (χ0v) is 28.3. The number of hydrogen-bond donors (Lipinski definition) is 5. The number of aliphatic hydroxyl groups excluding tert-OH is 2. The number of anilines is 2. The minimum absolute atomic E-state index is 0.00428. The molecule has 0 bridgehead atoms. The second-order valence-corrected chi connectivity index (χ2v) is 13.0. The van der Waals surface area contributed by atoms with E-state index in [0.29, 0.717) is 23.4 Å². The molecule has 6 aromatic rings. The molecule has 2 aliphatic rings. The molecule has 4 aromatic heterocycles. The summed E-state index contributed by atoms with van der Waals surface area (Å²) in [4.78, 5) is 64.3. The average Bonchev–Trinajstić information content (AvgIpc) is 3.66. The van der Waals surface area contributed by atoms with Crippen LogP contribution in [0.3, 0.4) is 0 Å². The number of amides is 1. The first-order valence-corrected chi connectivity index (χ1v) is 17.1. The predicted molar refractivity (Wildman–Crippen MR) is 192 cm³/mol. The second-order valence-electron chi connectivity index (χ2n) is 13.0. The highest BCUT2D eigenvalue weighted by Crippen LogP contribution is 2.33. The van der Waals surface area contributed by atoms with Crippen LogP contribution in [0.25, 0.3) is 33.1 Å². The molecule has 17 nitrogen and oxygen atoms in total. The Morgan fingerprint density at radius 1 is 0.926 bits per heavy atom. The van der Waals surface area contributed by atoms with E-state index in [2.05, 4.69) is 25.6 Å². The number of carboxylic acid groups (broad SMARTS) is 1. The number of nitrogens with one attached hydrogen (secondary N) is 2. The van der Waals surface area contributed by atoms with E-state index < -0.39 is 34.6 Å². The highest BCUT2D eigenvalue weighted by atomic mass is 16.5. The smallest absolute Gasteiger partial charge is 0.371 e. The van der Waals surface area contributed by atoms with E-state index >= 15 is 0 Å². The molecule has 0 radical (unpaired) electrons. The van der Waals surface area contributed by atoms with Gasteiger partial charge in [-0.1, -0.05) is 24.3 Å². The summed E-state index contributed by atoms with van der Waals surface area (Å²) in [5.74, 6) is -2.37. The van der Waals surface area contributed by atoms with E-state index in [1.807, 2.05) is 16.7 Å². The summed E-state index contributed by atoms with van der Waals surface area (Å²) in [7, 11) is 0. The van der Waals surface area contributed by atoms with Crippen LogP contribution in [0.1, 0.15) is 46.4 Å². The van der Waals surface area contributed by atoms with Gasteiger partial charge in [0.05, 0.1) is 12.4 Å². The minimum Gasteiger partial charge on any atom is -0.490 e. The summed E-state index contributed by atoms with van der Waals surface area (Å²) in [6, 6.07) is 11.0. The summed E-state index contributed by atoms with van der Waals surface area (Å²) in [5.41, 5.74) is -0.123. The van der Waals surface area contributed by atoms with E-state index in [1.54, 1.807) is 12.4 Å². The van der Waals surface area contributed by atoms with Crippen molar-refractivity contribution < 1.29 is 43.2 Å². The predicted octanol–water partition coefficient (Wildman–Crippen LogP) is 3.49. The standard InChI is InChI=1S/C37H32N6O11/c44-14-18-7-10-20(11-18)43-17-38-32-33(39-19-8-9-19)40-37(41-34(32)43)42-35(48)28-12-22(46)30-24(3-1-5-26(30)53-28)51-15-21(45)16-52-25-4-2-6-27-31(25)23(47)13-29(54-27)36(49)50/h1-7,10,12-13,17-21,44-45H,8-9,11,14-16H2,(H,49,50)(H2,39,40,41,42,48)/t18-,20+,21?/m1/s1. The molecular weight excluding hydrogens is 704 g/mol. The topological polar surface area (TPSA) is 241 Å². The Bertz CT molecular complexity index is 2590. The lowest BCUT2D eigenvalue weighted by molar-refractivity contribution is 0.0636. The van der Waals surface area contributed by atoms with Crippen molar-refractivity contribution in [2.75, 3.05) is 30.5 Å². The third kappa shape index (κ3) is 6.84. The molecule has 54 heavy (non-hydrogen) atoms. The van der Waals surface area contributed by atoms with Gasteiger partial charge in [-0.2, -0.15) is 9.97 Å². The average molecular weight is 737 g/mol. The monoisotopic (exact) mass is 736 g/mol. The number of rotatable bonds is 13. The SMILES string of the molecule is O=C(O)c1cc(=O)c2c(OCC(O)COc3cccc4oc(C(=O)Nc5nc(NC6CC6)c6ncn([C@H]7C=C[C@@H](CO)C7)c6n5)cc(=O)c34)cccc2o1. The Hall–Kier alpha value is -6.59. The normalized spacial score (nSPS) is 17.2. The van der Waals surface area contributed by atoms with Crippen LogP contribution in [0.5, 0.6) is 11.5 Å². The van der Waals surface area contributed by atoms with E-state index in [1.165, 1.54) is 30.3 Å². The number of ether oxygens (including phenoxy) is 2. The van der Waals surface area contributed by atoms with Crippen molar-refractivity contribution in [2.24, 2.45) is 5.92 Å². The molecule has 1 saturated carbocycles. The van der Waals surface area contributed by atoms with Crippen LogP contribution in [-0.4, -0.2) is 78.7 Å². The van der Waals surface area contributed by atoms with Crippen LogP contribution >= 0.6 is 0 Å². The number of hydrogen-bond acceptors (Lipinski definition) is 14. The quantitative estimate of drug-likeness (QED) is 0.107. The number of allylic oxidation sites excluding steroid dienone is 1. The zero-order chi connectivity index (χ0) is 37.5. The lowest BCUT2D eigenvalue weighted by atomic mass is 10.1. The second kappa shape index (κ2) is 14.1. The molecule has 276 valence electrons. The number of nitrogens with zero attached hydrogens (tertiary/aromatic N) is 4. The number of aromatic carboxylic acids is 1. The molecule has 0 saturated heterocycles. The van der Waals surface area contributed by atoms with Crippen molar-refractivity contribution in [1.82, 2.24) is 19.5 Å². The summed E-state index contributed by atoms with van der Waals surface area (Å²) in [6.07, 6.45) is 6.99. The van der Waals surface area contributed by atoms with Crippen molar-refractivity contribution in [3.05, 3.63) is 99.0 Å². The lowest BCUT2D eigenvalue weighted by Crippen LogP contribution is -2.25. The molecular formula is C37H32N6O11. The Morgan fingerprint density at radius 3 is 2.19 bits per heavy atom. The third-order valence-corrected chi connectivity index (χ3v) is 9.04. The number of fused-ring (bicyclic) bond motifs is 3.